The van der Waals surface area contributed by atoms with Crippen LogP contribution in [-0.2, 0) is 19.1 Å². The first-order valence-corrected chi connectivity index (χ1v) is 9.82. The van der Waals surface area contributed by atoms with Crippen molar-refractivity contribution in [2.45, 2.75) is 13.8 Å². The minimum Gasteiger partial charge on any atom is -0.464 e. The maximum absolute atomic E-state index is 13.3. The predicted octanol–water partition coefficient (Wildman–Crippen LogP) is 2.60. The Morgan fingerprint density at radius 3 is 2.33 bits per heavy atom. The number of benzene rings is 2. The van der Waals surface area contributed by atoms with Crippen molar-refractivity contribution in [1.29, 1.82) is 0 Å². The van der Waals surface area contributed by atoms with Crippen LogP contribution in [0.15, 0.2) is 66.1 Å². The first-order valence-electron chi connectivity index (χ1n) is 9.82. The van der Waals surface area contributed by atoms with E-state index < -0.39 is 17.4 Å². The van der Waals surface area contributed by atoms with Crippen molar-refractivity contribution < 1.29 is 19.1 Å². The van der Waals surface area contributed by atoms with E-state index in [2.05, 4.69) is 33.5 Å². The number of esters is 1. The van der Waals surface area contributed by atoms with E-state index in [1.54, 1.807) is 31.2 Å². The lowest BCUT2D eigenvalue weighted by Gasteiger charge is -2.15. The number of methoxy groups -OCH3 is 1. The molecule has 9 heteroatoms. The van der Waals surface area contributed by atoms with Crippen LogP contribution in [0.25, 0.3) is 27.7 Å². The van der Waals surface area contributed by atoms with Crippen LogP contribution < -0.4 is 16.2 Å². The summed E-state index contributed by atoms with van der Waals surface area (Å²) in [4.78, 5) is 53.1. The third-order valence-electron chi connectivity index (χ3n) is 4.81. The number of amides is 2. The van der Waals surface area contributed by atoms with Gasteiger partial charge in [-0.15, -0.1) is 0 Å². The molecule has 1 aromatic heterocycles. The molecule has 1 heterocycles. The number of aromatic nitrogens is 2. The third kappa shape index (κ3) is 4.72. The van der Waals surface area contributed by atoms with Crippen LogP contribution in [0.1, 0.15) is 12.7 Å². The van der Waals surface area contributed by atoms with Crippen LogP contribution >= 0.6 is 0 Å². The first kappa shape index (κ1) is 23.1. The van der Waals surface area contributed by atoms with Crippen LogP contribution in [0.4, 0.5) is 5.69 Å². The van der Waals surface area contributed by atoms with Crippen molar-refractivity contribution in [3.63, 3.8) is 0 Å². The number of carbonyl (C=O) groups excluding carboxylic acids is 3. The second-order valence-corrected chi connectivity index (χ2v) is 7.13. The smallest absolute Gasteiger partial charge is 0.353 e. The molecular formula is C24H22N4O5. The average Bonchev–Trinajstić information content (AvgIpc) is 2.78. The number of hydrogen-bond acceptors (Lipinski definition) is 6. The molecule has 9 nitrogen and oxygen atoms in total. The molecule has 0 saturated heterocycles. The highest BCUT2D eigenvalue weighted by Crippen LogP contribution is 2.27. The molecule has 0 atom stereocenters. The van der Waals surface area contributed by atoms with E-state index in [9.17, 15) is 19.2 Å². The van der Waals surface area contributed by atoms with Gasteiger partial charge in [-0.05, 0) is 30.7 Å². The minimum atomic E-state index is -0.814. The lowest BCUT2D eigenvalue weighted by molar-refractivity contribution is -0.137. The van der Waals surface area contributed by atoms with Gasteiger partial charge in [-0.25, -0.2) is 9.78 Å². The van der Waals surface area contributed by atoms with Gasteiger partial charge in [0.25, 0.3) is 11.5 Å². The molecule has 0 saturated carbocycles. The van der Waals surface area contributed by atoms with E-state index in [0.29, 0.717) is 16.8 Å². The number of fused-ring (bicyclic) bond motifs is 1. The molecule has 2 N–H and O–H groups in total. The van der Waals surface area contributed by atoms with Gasteiger partial charge in [0, 0.05) is 18.2 Å². The summed E-state index contributed by atoms with van der Waals surface area (Å²) >= 11 is 0. The molecular weight excluding hydrogens is 424 g/mol. The van der Waals surface area contributed by atoms with E-state index >= 15 is 0 Å². The summed E-state index contributed by atoms with van der Waals surface area (Å²) in [6.45, 7) is 10.1. The van der Waals surface area contributed by atoms with E-state index in [4.69, 9.17) is 0 Å². The SMILES string of the molecule is C=C(NC(=O)C(=C)n1c(C)nc2c(-c3ccc(NC(C)=O)cc3)cccc2c1=O)C(=O)OC. The summed E-state index contributed by atoms with van der Waals surface area (Å²) in [7, 11) is 1.15. The second kappa shape index (κ2) is 9.31. The van der Waals surface area contributed by atoms with Crippen LogP contribution in [0.3, 0.4) is 0 Å². The zero-order valence-electron chi connectivity index (χ0n) is 18.4. The summed E-state index contributed by atoms with van der Waals surface area (Å²) in [5, 5.41) is 5.25. The number of rotatable bonds is 6. The van der Waals surface area contributed by atoms with Gasteiger partial charge in [-0.3, -0.25) is 19.0 Å². The molecule has 2 amide bonds. The number of carbonyl (C=O) groups is 3. The number of hydrogen-bond donors (Lipinski definition) is 2. The Bertz CT molecular complexity index is 1370. The Morgan fingerprint density at radius 1 is 1.06 bits per heavy atom. The molecule has 0 radical (unpaired) electrons. The standard InChI is InChI=1S/C24H22N4O5/c1-13(24(32)33-5)25-22(30)14(2)28-15(3)26-21-19(7-6-8-20(21)23(28)31)17-9-11-18(12-10-17)27-16(4)29/h6-12H,1-2H2,3-5H3,(H,25,30)(H,27,29). The van der Waals surface area contributed by atoms with E-state index in [0.717, 1.165) is 17.2 Å². The molecule has 0 unspecified atom stereocenters. The number of para-hydroxylation sites is 1. The van der Waals surface area contributed by atoms with Crippen molar-refractivity contribution in [3.8, 4) is 11.1 Å². The molecule has 0 fully saturated rings. The largest absolute Gasteiger partial charge is 0.464 e. The van der Waals surface area contributed by atoms with Crippen molar-refractivity contribution >= 4 is 40.1 Å². The average molecular weight is 446 g/mol. The van der Waals surface area contributed by atoms with Gasteiger partial charge >= 0.3 is 5.97 Å². The first-order chi connectivity index (χ1) is 15.6. The van der Waals surface area contributed by atoms with Gasteiger partial charge in [-0.2, -0.15) is 0 Å². The summed E-state index contributed by atoms with van der Waals surface area (Å²) < 4.78 is 5.58. The molecule has 33 heavy (non-hydrogen) atoms. The molecule has 0 spiro atoms. The summed E-state index contributed by atoms with van der Waals surface area (Å²) in [5.41, 5.74) is 1.62. The van der Waals surface area contributed by atoms with Gasteiger partial charge in [-0.1, -0.05) is 37.4 Å². The number of nitrogens with zero attached hydrogens (tertiary/aromatic N) is 2. The van der Waals surface area contributed by atoms with Gasteiger partial charge < -0.3 is 15.4 Å². The highest BCUT2D eigenvalue weighted by molar-refractivity contribution is 6.15. The Balaban J connectivity index is 2.03. The van der Waals surface area contributed by atoms with E-state index in [-0.39, 0.29) is 28.5 Å². The maximum Gasteiger partial charge on any atom is 0.353 e. The topological polar surface area (TPSA) is 119 Å². The molecule has 168 valence electrons. The fraction of sp³-hybridized carbons (Fsp3) is 0.125. The fourth-order valence-corrected chi connectivity index (χ4v) is 3.29. The third-order valence-corrected chi connectivity index (χ3v) is 4.81. The van der Waals surface area contributed by atoms with Gasteiger partial charge in [0.15, 0.2) is 0 Å². The van der Waals surface area contributed by atoms with Gasteiger partial charge in [0.1, 0.15) is 17.2 Å². The van der Waals surface area contributed by atoms with Gasteiger partial charge in [0.05, 0.1) is 18.0 Å². The molecule has 0 bridgehead atoms. The van der Waals surface area contributed by atoms with Crippen molar-refractivity contribution in [3.05, 3.63) is 77.5 Å². The number of nitrogens with one attached hydrogen (secondary N) is 2. The minimum absolute atomic E-state index is 0.176. The number of anilines is 1. The summed E-state index contributed by atoms with van der Waals surface area (Å²) in [6.07, 6.45) is 0. The molecule has 0 aliphatic heterocycles. The molecule has 0 aliphatic rings. The summed E-state index contributed by atoms with van der Waals surface area (Å²) in [6, 6.07) is 12.3. The molecule has 3 aromatic rings. The van der Waals surface area contributed by atoms with Gasteiger partial charge in [0.2, 0.25) is 5.91 Å². The monoisotopic (exact) mass is 446 g/mol. The Labute approximate surface area is 189 Å². The molecule has 3 rings (SSSR count). The highest BCUT2D eigenvalue weighted by Gasteiger charge is 2.20. The Morgan fingerprint density at radius 2 is 1.73 bits per heavy atom. The fourth-order valence-electron chi connectivity index (χ4n) is 3.29. The van der Waals surface area contributed by atoms with Crippen molar-refractivity contribution in [2.75, 3.05) is 12.4 Å². The highest BCUT2D eigenvalue weighted by atomic mass is 16.5. The zero-order valence-corrected chi connectivity index (χ0v) is 18.4. The lowest BCUT2D eigenvalue weighted by atomic mass is 10.0. The normalized spacial score (nSPS) is 10.4. The van der Waals surface area contributed by atoms with Crippen LogP contribution in [-0.4, -0.2) is 34.4 Å². The van der Waals surface area contributed by atoms with E-state index in [1.807, 2.05) is 18.2 Å². The zero-order chi connectivity index (χ0) is 24.3. The van der Waals surface area contributed by atoms with Crippen LogP contribution in [0.5, 0.6) is 0 Å². The second-order valence-electron chi connectivity index (χ2n) is 7.13. The number of ether oxygens (including phenoxy) is 1. The van der Waals surface area contributed by atoms with Crippen LogP contribution in [0.2, 0.25) is 0 Å². The maximum atomic E-state index is 13.3. The van der Waals surface area contributed by atoms with Crippen molar-refractivity contribution in [2.24, 2.45) is 0 Å². The van der Waals surface area contributed by atoms with Crippen molar-refractivity contribution in [1.82, 2.24) is 14.9 Å². The molecule has 2 aromatic carbocycles. The Kier molecular flexibility index (Phi) is 6.53. The summed E-state index contributed by atoms with van der Waals surface area (Å²) in [5.74, 6) is -1.55. The predicted molar refractivity (Wildman–Crippen MR) is 125 cm³/mol. The van der Waals surface area contributed by atoms with E-state index in [1.165, 1.54) is 6.92 Å². The lowest BCUT2D eigenvalue weighted by Crippen LogP contribution is -2.34. The number of aryl methyl sites for hydroxylation is 1. The quantitative estimate of drug-likeness (QED) is 0.444. The Hall–Kier alpha value is -4.53. The molecule has 0 aliphatic carbocycles. The van der Waals surface area contributed by atoms with Crippen LogP contribution in [0, 0.1) is 6.92 Å².